The van der Waals surface area contributed by atoms with Gasteiger partial charge in [-0.05, 0) is 38.0 Å². The summed E-state index contributed by atoms with van der Waals surface area (Å²) in [6, 6.07) is 3.25. The molecule has 0 aromatic carbocycles. The van der Waals surface area contributed by atoms with E-state index < -0.39 is 11.8 Å². The van der Waals surface area contributed by atoms with Crippen molar-refractivity contribution < 1.29 is 14.3 Å². The second-order valence-corrected chi connectivity index (χ2v) is 5.29. The number of aryl methyl sites for hydroxylation is 2. The molecule has 2 amide bonds. The molecule has 0 fully saturated rings. The van der Waals surface area contributed by atoms with E-state index in [0.717, 1.165) is 17.0 Å². The molecular formula is C16H21N5O3. The van der Waals surface area contributed by atoms with Crippen molar-refractivity contribution in [2.75, 3.05) is 19.0 Å². The molecule has 24 heavy (non-hydrogen) atoms. The summed E-state index contributed by atoms with van der Waals surface area (Å²) in [4.78, 5) is 27.8. The normalized spacial score (nSPS) is 10.3. The molecule has 0 radical (unpaired) electrons. The Morgan fingerprint density at radius 2 is 2.04 bits per heavy atom. The maximum atomic E-state index is 11.9. The molecule has 0 aliphatic carbocycles. The van der Waals surface area contributed by atoms with E-state index in [2.05, 4.69) is 20.7 Å². The fraction of sp³-hybridized carbons (Fsp3) is 0.375. The summed E-state index contributed by atoms with van der Waals surface area (Å²) < 4.78 is 6.83. The number of carbonyl (C=O) groups excluding carboxylic acids is 2. The third kappa shape index (κ3) is 3.89. The molecule has 0 saturated heterocycles. The Morgan fingerprint density at radius 3 is 2.67 bits per heavy atom. The predicted octanol–water partition coefficient (Wildman–Crippen LogP) is 0.738. The number of hydrogen-bond donors (Lipinski definition) is 2. The molecule has 2 aromatic heterocycles. The van der Waals surface area contributed by atoms with Crippen LogP contribution in [0.2, 0.25) is 0 Å². The molecule has 2 N–H and O–H groups in total. The largest absolute Gasteiger partial charge is 0.480 e. The van der Waals surface area contributed by atoms with Gasteiger partial charge in [0.15, 0.2) is 0 Å². The minimum atomic E-state index is -0.763. The van der Waals surface area contributed by atoms with Gasteiger partial charge >= 0.3 is 11.8 Å². The highest BCUT2D eigenvalue weighted by molar-refractivity contribution is 6.39. The highest BCUT2D eigenvalue weighted by atomic mass is 16.5. The molecule has 0 aliphatic rings. The number of carbonyl (C=O) groups is 2. The molecule has 0 unspecified atom stereocenters. The van der Waals surface area contributed by atoms with Crippen LogP contribution in [0.15, 0.2) is 18.3 Å². The van der Waals surface area contributed by atoms with Gasteiger partial charge in [0.25, 0.3) is 0 Å². The van der Waals surface area contributed by atoms with Crippen LogP contribution in [0.25, 0.3) is 0 Å². The zero-order valence-electron chi connectivity index (χ0n) is 14.2. The topological polar surface area (TPSA) is 98.1 Å². The van der Waals surface area contributed by atoms with E-state index in [1.807, 2.05) is 20.9 Å². The van der Waals surface area contributed by atoms with Crippen molar-refractivity contribution in [1.29, 1.82) is 0 Å². The maximum absolute atomic E-state index is 11.9. The lowest BCUT2D eigenvalue weighted by molar-refractivity contribution is -0.136. The SMILES string of the molecule is COc1ncccc1NC(=O)C(=O)NCCc1c(C)nn(C)c1C. The minimum Gasteiger partial charge on any atom is -0.480 e. The molecular weight excluding hydrogens is 310 g/mol. The highest BCUT2D eigenvalue weighted by Crippen LogP contribution is 2.19. The zero-order chi connectivity index (χ0) is 17.7. The summed E-state index contributed by atoms with van der Waals surface area (Å²) in [6.45, 7) is 4.24. The molecule has 2 heterocycles. The summed E-state index contributed by atoms with van der Waals surface area (Å²) in [7, 11) is 3.32. The number of pyridine rings is 1. The molecule has 128 valence electrons. The van der Waals surface area contributed by atoms with E-state index >= 15 is 0 Å². The van der Waals surface area contributed by atoms with Crippen LogP contribution in [0.5, 0.6) is 5.88 Å². The molecule has 0 saturated carbocycles. The molecule has 8 nitrogen and oxygen atoms in total. The van der Waals surface area contributed by atoms with E-state index in [-0.39, 0.29) is 5.88 Å². The first-order valence-corrected chi connectivity index (χ1v) is 7.51. The lowest BCUT2D eigenvalue weighted by Gasteiger charge is -2.09. The third-order valence-electron chi connectivity index (χ3n) is 3.74. The van der Waals surface area contributed by atoms with Gasteiger partial charge in [0.1, 0.15) is 5.69 Å². The average molecular weight is 331 g/mol. The zero-order valence-corrected chi connectivity index (χ0v) is 14.2. The van der Waals surface area contributed by atoms with Crippen LogP contribution < -0.4 is 15.4 Å². The van der Waals surface area contributed by atoms with Crippen LogP contribution in [0.4, 0.5) is 5.69 Å². The van der Waals surface area contributed by atoms with Crippen molar-refractivity contribution in [2.24, 2.45) is 7.05 Å². The van der Waals surface area contributed by atoms with Gasteiger partial charge in [0.05, 0.1) is 12.8 Å². The summed E-state index contributed by atoms with van der Waals surface area (Å²) in [5.41, 5.74) is 3.39. The number of anilines is 1. The number of aromatic nitrogens is 3. The first-order chi connectivity index (χ1) is 11.4. The molecule has 2 aromatic rings. The van der Waals surface area contributed by atoms with E-state index in [4.69, 9.17) is 4.74 Å². The Kier molecular flexibility index (Phi) is 5.51. The number of ether oxygens (including phenoxy) is 1. The predicted molar refractivity (Wildman–Crippen MR) is 88.8 cm³/mol. The lowest BCUT2D eigenvalue weighted by Crippen LogP contribution is -2.36. The monoisotopic (exact) mass is 331 g/mol. The van der Waals surface area contributed by atoms with Crippen molar-refractivity contribution >= 4 is 17.5 Å². The van der Waals surface area contributed by atoms with E-state index in [1.165, 1.54) is 13.3 Å². The van der Waals surface area contributed by atoms with Crippen molar-refractivity contribution in [1.82, 2.24) is 20.1 Å². The van der Waals surface area contributed by atoms with Gasteiger partial charge in [-0.15, -0.1) is 0 Å². The van der Waals surface area contributed by atoms with Crippen LogP contribution in [0.3, 0.4) is 0 Å². The first-order valence-electron chi connectivity index (χ1n) is 7.51. The summed E-state index contributed by atoms with van der Waals surface area (Å²) in [6.07, 6.45) is 2.15. The quantitative estimate of drug-likeness (QED) is 0.788. The van der Waals surface area contributed by atoms with Crippen molar-refractivity contribution in [3.8, 4) is 5.88 Å². The minimum absolute atomic E-state index is 0.250. The van der Waals surface area contributed by atoms with E-state index in [9.17, 15) is 9.59 Å². The van der Waals surface area contributed by atoms with Gasteiger partial charge in [-0.25, -0.2) is 4.98 Å². The number of amides is 2. The summed E-state index contributed by atoms with van der Waals surface area (Å²) >= 11 is 0. The Hall–Kier alpha value is -2.90. The molecule has 2 rings (SSSR count). The second-order valence-electron chi connectivity index (χ2n) is 5.29. The van der Waals surface area contributed by atoms with Gasteiger partial charge < -0.3 is 15.4 Å². The molecule has 0 atom stereocenters. The van der Waals surface area contributed by atoms with Gasteiger partial charge in [-0.3, -0.25) is 14.3 Å². The number of rotatable bonds is 5. The van der Waals surface area contributed by atoms with E-state index in [1.54, 1.807) is 16.8 Å². The van der Waals surface area contributed by atoms with Gasteiger partial charge in [-0.2, -0.15) is 5.10 Å². The molecule has 8 heteroatoms. The van der Waals surface area contributed by atoms with Gasteiger partial charge in [-0.1, -0.05) is 0 Å². The average Bonchev–Trinajstić information content (AvgIpc) is 2.81. The fourth-order valence-corrected chi connectivity index (χ4v) is 2.39. The molecule has 0 bridgehead atoms. The summed E-state index contributed by atoms with van der Waals surface area (Å²) in [5.74, 6) is -1.22. The maximum Gasteiger partial charge on any atom is 0.313 e. The van der Waals surface area contributed by atoms with Crippen LogP contribution >= 0.6 is 0 Å². The number of hydrogen-bond acceptors (Lipinski definition) is 5. The third-order valence-corrected chi connectivity index (χ3v) is 3.74. The Balaban J connectivity index is 1.89. The van der Waals surface area contributed by atoms with E-state index in [0.29, 0.717) is 18.7 Å². The fourth-order valence-electron chi connectivity index (χ4n) is 2.39. The smallest absolute Gasteiger partial charge is 0.313 e. The number of nitrogens with zero attached hydrogens (tertiary/aromatic N) is 3. The number of nitrogens with one attached hydrogen (secondary N) is 2. The van der Waals surface area contributed by atoms with Gasteiger partial charge in [0.2, 0.25) is 5.88 Å². The summed E-state index contributed by atoms with van der Waals surface area (Å²) in [5, 5.41) is 9.41. The van der Waals surface area contributed by atoms with Crippen LogP contribution in [-0.4, -0.2) is 40.2 Å². The van der Waals surface area contributed by atoms with Gasteiger partial charge in [0, 0.05) is 25.5 Å². The second kappa shape index (κ2) is 7.58. The Labute approximate surface area is 140 Å². The lowest BCUT2D eigenvalue weighted by atomic mass is 10.1. The Bertz CT molecular complexity index is 754. The van der Waals surface area contributed by atoms with Crippen molar-refractivity contribution in [3.05, 3.63) is 35.3 Å². The van der Waals surface area contributed by atoms with Crippen LogP contribution in [-0.2, 0) is 23.1 Å². The van der Waals surface area contributed by atoms with Crippen molar-refractivity contribution in [3.63, 3.8) is 0 Å². The number of methoxy groups -OCH3 is 1. The molecule has 0 spiro atoms. The standard InChI is InChI=1S/C16H21N5O3/c1-10-12(11(2)21(3)20-10)7-9-17-14(22)15(23)19-13-6-5-8-18-16(13)24-4/h5-6,8H,7,9H2,1-4H3,(H,17,22)(H,19,23). The molecule has 0 aliphatic heterocycles. The Morgan fingerprint density at radius 1 is 1.29 bits per heavy atom. The van der Waals surface area contributed by atoms with Crippen LogP contribution in [0.1, 0.15) is 17.0 Å². The van der Waals surface area contributed by atoms with Crippen LogP contribution in [0, 0.1) is 13.8 Å². The highest BCUT2D eigenvalue weighted by Gasteiger charge is 2.16. The van der Waals surface area contributed by atoms with Crippen molar-refractivity contribution in [2.45, 2.75) is 20.3 Å². The first kappa shape index (κ1) is 17.5.